The molecular formula is C20H20FN3O2. The van der Waals surface area contributed by atoms with Gasteiger partial charge in [-0.1, -0.05) is 12.1 Å². The van der Waals surface area contributed by atoms with E-state index in [1.165, 1.54) is 6.07 Å². The summed E-state index contributed by atoms with van der Waals surface area (Å²) in [5, 5.41) is 7.11. The number of para-hydroxylation sites is 2. The van der Waals surface area contributed by atoms with E-state index >= 15 is 0 Å². The first-order chi connectivity index (χ1) is 12.5. The fourth-order valence-electron chi connectivity index (χ4n) is 2.69. The Morgan fingerprint density at radius 3 is 2.73 bits per heavy atom. The number of carbonyl (C=O) groups is 1. The van der Waals surface area contributed by atoms with Gasteiger partial charge in [-0.05, 0) is 55.8 Å². The molecule has 0 aliphatic heterocycles. The van der Waals surface area contributed by atoms with Gasteiger partial charge in [0.2, 0.25) is 0 Å². The topological polar surface area (TPSA) is 56.1 Å². The van der Waals surface area contributed by atoms with Crippen LogP contribution in [0.5, 0.6) is 5.75 Å². The molecule has 1 heterocycles. The molecule has 0 atom stereocenters. The van der Waals surface area contributed by atoms with Crippen molar-refractivity contribution in [3.05, 3.63) is 65.6 Å². The number of nitrogens with zero attached hydrogens (tertiary/aromatic N) is 2. The summed E-state index contributed by atoms with van der Waals surface area (Å²) in [6.45, 7) is 4.09. The third-order valence-corrected chi connectivity index (χ3v) is 4.00. The van der Waals surface area contributed by atoms with Crippen molar-refractivity contribution in [2.45, 2.75) is 13.8 Å². The van der Waals surface area contributed by atoms with Crippen LogP contribution in [0.15, 0.2) is 48.5 Å². The van der Waals surface area contributed by atoms with Gasteiger partial charge in [-0.3, -0.25) is 9.48 Å². The maximum atomic E-state index is 13.5. The van der Waals surface area contributed by atoms with Crippen molar-refractivity contribution < 1.29 is 13.9 Å². The second-order valence-corrected chi connectivity index (χ2v) is 5.89. The van der Waals surface area contributed by atoms with Gasteiger partial charge in [-0.2, -0.15) is 5.10 Å². The number of hydrogen-bond acceptors (Lipinski definition) is 3. The molecule has 5 nitrogen and oxygen atoms in total. The van der Waals surface area contributed by atoms with Gasteiger partial charge in [-0.15, -0.1) is 0 Å². The molecule has 1 N–H and O–H groups in total. The monoisotopic (exact) mass is 353 g/mol. The lowest BCUT2D eigenvalue weighted by Gasteiger charge is -2.10. The Labute approximate surface area is 151 Å². The van der Waals surface area contributed by atoms with Crippen LogP contribution in [0.4, 0.5) is 10.1 Å². The van der Waals surface area contributed by atoms with Gasteiger partial charge < -0.3 is 10.1 Å². The Morgan fingerprint density at radius 2 is 2.00 bits per heavy atom. The van der Waals surface area contributed by atoms with Crippen molar-refractivity contribution in [1.29, 1.82) is 0 Å². The Bertz CT molecular complexity index is 950. The molecule has 26 heavy (non-hydrogen) atoms. The van der Waals surface area contributed by atoms with E-state index in [0.29, 0.717) is 23.6 Å². The quantitative estimate of drug-likeness (QED) is 0.748. The molecule has 3 rings (SSSR count). The zero-order chi connectivity index (χ0) is 18.7. The first-order valence-corrected chi connectivity index (χ1v) is 8.33. The summed E-state index contributed by atoms with van der Waals surface area (Å²) in [6.07, 6.45) is 0. The fraction of sp³-hybridized carbons (Fsp3) is 0.200. The second kappa shape index (κ2) is 7.39. The van der Waals surface area contributed by atoms with Gasteiger partial charge in [0.15, 0.2) is 5.69 Å². The number of anilines is 1. The van der Waals surface area contributed by atoms with Crippen molar-refractivity contribution in [2.75, 3.05) is 11.9 Å². The number of amides is 1. The average Bonchev–Trinajstić information content (AvgIpc) is 3.01. The Balaban J connectivity index is 1.87. The van der Waals surface area contributed by atoms with Crippen LogP contribution in [0.1, 0.15) is 23.0 Å². The third kappa shape index (κ3) is 3.59. The first-order valence-electron chi connectivity index (χ1n) is 8.33. The molecule has 0 unspecified atom stereocenters. The molecule has 0 saturated carbocycles. The van der Waals surface area contributed by atoms with Crippen molar-refractivity contribution in [3.8, 4) is 17.0 Å². The molecule has 0 fully saturated rings. The van der Waals surface area contributed by atoms with Gasteiger partial charge in [0, 0.05) is 12.6 Å². The predicted octanol–water partition coefficient (Wildman–Crippen LogP) is 4.19. The number of hydrogen-bond donors (Lipinski definition) is 1. The molecule has 0 saturated heterocycles. The maximum Gasteiger partial charge on any atom is 0.276 e. The van der Waals surface area contributed by atoms with E-state index in [9.17, 15) is 9.18 Å². The molecule has 0 radical (unpaired) electrons. The van der Waals surface area contributed by atoms with E-state index in [-0.39, 0.29) is 17.4 Å². The average molecular weight is 353 g/mol. The van der Waals surface area contributed by atoms with Crippen LogP contribution in [0.3, 0.4) is 0 Å². The number of aryl methyl sites for hydroxylation is 2. The summed E-state index contributed by atoms with van der Waals surface area (Å²) < 4.78 is 20.6. The molecule has 0 bridgehead atoms. The molecule has 3 aromatic rings. The molecule has 0 spiro atoms. The molecular weight excluding hydrogens is 333 g/mol. The SMILES string of the molecule is CCOc1ccccc1NC(=O)c1cc(-c2ccc(F)c(C)c2)n(C)n1. The van der Waals surface area contributed by atoms with Crippen molar-refractivity contribution in [1.82, 2.24) is 9.78 Å². The maximum absolute atomic E-state index is 13.5. The minimum Gasteiger partial charge on any atom is -0.492 e. The highest BCUT2D eigenvalue weighted by molar-refractivity contribution is 6.04. The zero-order valence-electron chi connectivity index (χ0n) is 14.9. The van der Waals surface area contributed by atoms with E-state index < -0.39 is 0 Å². The lowest BCUT2D eigenvalue weighted by Crippen LogP contribution is -2.14. The lowest BCUT2D eigenvalue weighted by molar-refractivity contribution is 0.102. The van der Waals surface area contributed by atoms with Crippen LogP contribution in [-0.4, -0.2) is 22.3 Å². The van der Waals surface area contributed by atoms with Crippen LogP contribution < -0.4 is 10.1 Å². The van der Waals surface area contributed by atoms with E-state index in [4.69, 9.17) is 4.74 Å². The molecule has 1 amide bonds. The lowest BCUT2D eigenvalue weighted by atomic mass is 10.1. The second-order valence-electron chi connectivity index (χ2n) is 5.89. The fourth-order valence-corrected chi connectivity index (χ4v) is 2.69. The van der Waals surface area contributed by atoms with Gasteiger partial charge in [-0.25, -0.2) is 4.39 Å². The summed E-state index contributed by atoms with van der Waals surface area (Å²) in [5.74, 6) is 0.00733. The summed E-state index contributed by atoms with van der Waals surface area (Å²) in [6, 6.07) is 13.7. The largest absolute Gasteiger partial charge is 0.492 e. The van der Waals surface area contributed by atoms with Crippen molar-refractivity contribution in [3.63, 3.8) is 0 Å². The number of nitrogens with one attached hydrogen (secondary N) is 1. The van der Waals surface area contributed by atoms with E-state index in [1.54, 1.807) is 49.0 Å². The summed E-state index contributed by atoms with van der Waals surface area (Å²) in [7, 11) is 1.75. The minimum absolute atomic E-state index is 0.263. The van der Waals surface area contributed by atoms with Crippen LogP contribution in [0.25, 0.3) is 11.3 Å². The molecule has 2 aromatic carbocycles. The van der Waals surface area contributed by atoms with Gasteiger partial charge in [0.05, 0.1) is 18.0 Å². The van der Waals surface area contributed by atoms with Crippen LogP contribution >= 0.6 is 0 Å². The number of ether oxygens (including phenoxy) is 1. The van der Waals surface area contributed by atoms with E-state index in [0.717, 1.165) is 11.3 Å². The summed E-state index contributed by atoms with van der Waals surface area (Å²) in [4.78, 5) is 12.6. The van der Waals surface area contributed by atoms with E-state index in [2.05, 4.69) is 10.4 Å². The first kappa shape index (κ1) is 17.7. The number of benzene rings is 2. The van der Waals surface area contributed by atoms with Crippen LogP contribution in [-0.2, 0) is 7.05 Å². The molecule has 1 aromatic heterocycles. The normalized spacial score (nSPS) is 10.6. The Kier molecular flexibility index (Phi) is 5.02. The highest BCUT2D eigenvalue weighted by Crippen LogP contribution is 2.26. The molecule has 0 aliphatic rings. The number of halogens is 1. The highest BCUT2D eigenvalue weighted by atomic mass is 19.1. The smallest absolute Gasteiger partial charge is 0.276 e. The Hall–Kier alpha value is -3.15. The van der Waals surface area contributed by atoms with E-state index in [1.807, 2.05) is 19.1 Å². The third-order valence-electron chi connectivity index (χ3n) is 4.00. The van der Waals surface area contributed by atoms with Gasteiger partial charge in [0.25, 0.3) is 5.91 Å². The van der Waals surface area contributed by atoms with Crippen molar-refractivity contribution in [2.24, 2.45) is 7.05 Å². The van der Waals surface area contributed by atoms with Crippen LogP contribution in [0.2, 0.25) is 0 Å². The number of rotatable bonds is 5. The molecule has 6 heteroatoms. The molecule has 134 valence electrons. The minimum atomic E-state index is -0.335. The highest BCUT2D eigenvalue weighted by Gasteiger charge is 2.16. The Morgan fingerprint density at radius 1 is 1.23 bits per heavy atom. The number of carbonyl (C=O) groups excluding carboxylic acids is 1. The summed E-state index contributed by atoms with van der Waals surface area (Å²) in [5.41, 5.74) is 2.93. The van der Waals surface area contributed by atoms with Gasteiger partial charge in [0.1, 0.15) is 11.6 Å². The zero-order valence-corrected chi connectivity index (χ0v) is 14.9. The number of aromatic nitrogens is 2. The van der Waals surface area contributed by atoms with Crippen LogP contribution in [0, 0.1) is 12.7 Å². The molecule has 0 aliphatic carbocycles. The summed E-state index contributed by atoms with van der Waals surface area (Å²) >= 11 is 0. The standard InChI is InChI=1S/C20H20FN3O2/c1-4-26-19-8-6-5-7-16(19)22-20(25)17-12-18(24(3)23-17)14-9-10-15(21)13(2)11-14/h5-12H,4H2,1-3H3,(H,22,25). The predicted molar refractivity (Wildman–Crippen MR) is 98.9 cm³/mol. The van der Waals surface area contributed by atoms with Crippen molar-refractivity contribution >= 4 is 11.6 Å². The van der Waals surface area contributed by atoms with Gasteiger partial charge >= 0.3 is 0 Å².